The quantitative estimate of drug-likeness (QED) is 0.763. The molecule has 1 N–H and O–H groups in total. The van der Waals surface area contributed by atoms with Crippen LogP contribution in [0.4, 0.5) is 5.69 Å². The van der Waals surface area contributed by atoms with Crippen LogP contribution in [0.3, 0.4) is 0 Å². The van der Waals surface area contributed by atoms with Gasteiger partial charge in [0.25, 0.3) is 0 Å². The highest BCUT2D eigenvalue weighted by atomic mass is 16.4. The molecule has 1 aliphatic heterocycles. The number of carboxylic acids is 1. The van der Waals surface area contributed by atoms with Crippen LogP contribution in [0.2, 0.25) is 0 Å². The number of hydrogen-bond acceptors (Lipinski definition) is 2. The number of carboxylic acid groups (broad SMARTS) is 1. The van der Waals surface area contributed by atoms with Crippen molar-refractivity contribution in [3.05, 3.63) is 42.0 Å². The van der Waals surface area contributed by atoms with Crippen molar-refractivity contribution in [3.8, 4) is 0 Å². The van der Waals surface area contributed by atoms with Gasteiger partial charge in [0.2, 0.25) is 5.91 Å². The monoisotopic (exact) mass is 217 g/mol. The normalized spacial score (nSPS) is 13.4. The number of benzene rings is 1. The van der Waals surface area contributed by atoms with Crippen LogP contribution in [0.15, 0.2) is 30.9 Å². The molecule has 2 rings (SSSR count). The Morgan fingerprint density at radius 1 is 1.44 bits per heavy atom. The third-order valence-corrected chi connectivity index (χ3v) is 2.66. The first-order valence-corrected chi connectivity index (χ1v) is 4.93. The lowest BCUT2D eigenvalue weighted by molar-refractivity contribution is -0.114. The van der Waals surface area contributed by atoms with Gasteiger partial charge in [-0.2, -0.15) is 0 Å². The summed E-state index contributed by atoms with van der Waals surface area (Å²) in [5.74, 6) is -1.10. The Balaban J connectivity index is 2.39. The fourth-order valence-corrected chi connectivity index (χ4v) is 1.87. The number of carbonyl (C=O) groups is 2. The lowest BCUT2D eigenvalue weighted by Gasteiger charge is -2.14. The van der Waals surface area contributed by atoms with Gasteiger partial charge >= 0.3 is 5.97 Å². The van der Waals surface area contributed by atoms with E-state index in [1.54, 1.807) is 17.0 Å². The molecule has 0 aliphatic carbocycles. The molecule has 0 atom stereocenters. The van der Waals surface area contributed by atoms with Crippen LogP contribution in [0.25, 0.3) is 0 Å². The van der Waals surface area contributed by atoms with E-state index in [9.17, 15) is 9.59 Å². The fourth-order valence-electron chi connectivity index (χ4n) is 1.87. The van der Waals surface area contributed by atoms with Crippen LogP contribution in [-0.2, 0) is 11.2 Å². The Kier molecular flexibility index (Phi) is 2.48. The van der Waals surface area contributed by atoms with Crippen molar-refractivity contribution in [1.29, 1.82) is 0 Å². The maximum absolute atomic E-state index is 11.5. The fraction of sp³-hybridized carbons (Fsp3) is 0.167. The minimum absolute atomic E-state index is 0.151. The predicted octanol–water partition coefficient (Wildman–Crippen LogP) is 1.46. The number of rotatable bonds is 2. The van der Waals surface area contributed by atoms with E-state index in [4.69, 9.17) is 5.11 Å². The highest BCUT2D eigenvalue weighted by Gasteiger charge is 2.23. The smallest absolute Gasteiger partial charge is 0.335 e. The summed E-state index contributed by atoms with van der Waals surface area (Å²) >= 11 is 0. The van der Waals surface area contributed by atoms with Gasteiger partial charge in [0.15, 0.2) is 0 Å². The van der Waals surface area contributed by atoms with Gasteiger partial charge in [0.05, 0.1) is 5.56 Å². The predicted molar refractivity (Wildman–Crippen MR) is 59.7 cm³/mol. The van der Waals surface area contributed by atoms with E-state index >= 15 is 0 Å². The number of amides is 1. The molecule has 1 aliphatic rings. The average Bonchev–Trinajstić information content (AvgIpc) is 2.70. The largest absolute Gasteiger partial charge is 0.478 e. The average molecular weight is 217 g/mol. The zero-order chi connectivity index (χ0) is 11.7. The molecule has 82 valence electrons. The molecule has 1 amide bonds. The molecule has 0 bridgehead atoms. The summed E-state index contributed by atoms with van der Waals surface area (Å²) < 4.78 is 0. The molecule has 0 saturated heterocycles. The number of carbonyl (C=O) groups excluding carboxylic acids is 1. The lowest BCUT2D eigenvalue weighted by Crippen LogP contribution is -2.26. The van der Waals surface area contributed by atoms with Gasteiger partial charge in [-0.05, 0) is 36.3 Å². The maximum Gasteiger partial charge on any atom is 0.335 e. The Bertz CT molecular complexity index is 479. The van der Waals surface area contributed by atoms with E-state index in [2.05, 4.69) is 6.58 Å². The minimum Gasteiger partial charge on any atom is -0.478 e. The molecule has 0 fully saturated rings. The van der Waals surface area contributed by atoms with Crippen molar-refractivity contribution >= 4 is 17.6 Å². The van der Waals surface area contributed by atoms with Gasteiger partial charge in [0.1, 0.15) is 0 Å². The summed E-state index contributed by atoms with van der Waals surface area (Å²) in [7, 11) is 0. The minimum atomic E-state index is -0.948. The van der Waals surface area contributed by atoms with Gasteiger partial charge in [-0.1, -0.05) is 6.58 Å². The lowest BCUT2D eigenvalue weighted by atomic mass is 10.1. The topological polar surface area (TPSA) is 57.6 Å². The van der Waals surface area contributed by atoms with Crippen LogP contribution in [0.1, 0.15) is 15.9 Å². The molecule has 1 heterocycles. The Labute approximate surface area is 92.8 Å². The second-order valence-corrected chi connectivity index (χ2v) is 3.59. The highest BCUT2D eigenvalue weighted by Crippen LogP contribution is 2.28. The molecule has 1 aromatic rings. The molecule has 0 radical (unpaired) electrons. The van der Waals surface area contributed by atoms with Gasteiger partial charge in [0, 0.05) is 12.2 Å². The van der Waals surface area contributed by atoms with Crippen LogP contribution < -0.4 is 4.90 Å². The van der Waals surface area contributed by atoms with Crippen molar-refractivity contribution in [2.75, 3.05) is 11.4 Å². The van der Waals surface area contributed by atoms with Crippen LogP contribution in [-0.4, -0.2) is 23.5 Å². The number of anilines is 1. The van der Waals surface area contributed by atoms with Crippen LogP contribution in [0.5, 0.6) is 0 Å². The van der Waals surface area contributed by atoms with Crippen LogP contribution in [0, 0.1) is 0 Å². The SMILES string of the molecule is C=CC(=O)N1CCc2cc(C(=O)O)ccc21. The standard InChI is InChI=1S/C12H11NO3/c1-2-11(14)13-6-5-8-7-9(12(15)16)3-4-10(8)13/h2-4,7H,1,5-6H2,(H,15,16). The summed E-state index contributed by atoms with van der Waals surface area (Å²) in [5.41, 5.74) is 1.94. The summed E-state index contributed by atoms with van der Waals surface area (Å²) in [6.45, 7) is 4.03. The number of aromatic carboxylic acids is 1. The van der Waals surface area contributed by atoms with Crippen molar-refractivity contribution in [3.63, 3.8) is 0 Å². The first-order chi connectivity index (χ1) is 7.63. The number of hydrogen-bond donors (Lipinski definition) is 1. The maximum atomic E-state index is 11.5. The van der Waals surface area contributed by atoms with E-state index in [-0.39, 0.29) is 11.5 Å². The molecular formula is C12H11NO3. The molecule has 0 aromatic heterocycles. The van der Waals surface area contributed by atoms with Gasteiger partial charge in [-0.3, -0.25) is 4.79 Å². The zero-order valence-corrected chi connectivity index (χ0v) is 8.64. The second kappa shape index (κ2) is 3.81. The van der Waals surface area contributed by atoms with E-state index in [0.717, 1.165) is 11.3 Å². The van der Waals surface area contributed by atoms with Crippen LogP contribution >= 0.6 is 0 Å². The number of fused-ring (bicyclic) bond motifs is 1. The first kappa shape index (κ1) is 10.4. The first-order valence-electron chi connectivity index (χ1n) is 4.93. The Hall–Kier alpha value is -2.10. The molecule has 1 aromatic carbocycles. The molecule has 4 heteroatoms. The van der Waals surface area contributed by atoms with E-state index in [1.807, 2.05) is 0 Å². The van der Waals surface area contributed by atoms with E-state index in [0.29, 0.717) is 13.0 Å². The third kappa shape index (κ3) is 1.58. The second-order valence-electron chi connectivity index (χ2n) is 3.59. The van der Waals surface area contributed by atoms with Crippen molar-refractivity contribution < 1.29 is 14.7 Å². The van der Waals surface area contributed by atoms with E-state index in [1.165, 1.54) is 12.1 Å². The van der Waals surface area contributed by atoms with Gasteiger partial charge in [-0.15, -0.1) is 0 Å². The molecular weight excluding hydrogens is 206 g/mol. The van der Waals surface area contributed by atoms with Gasteiger partial charge < -0.3 is 10.0 Å². The molecule has 16 heavy (non-hydrogen) atoms. The molecule has 0 saturated carbocycles. The van der Waals surface area contributed by atoms with Gasteiger partial charge in [-0.25, -0.2) is 4.79 Å². The van der Waals surface area contributed by atoms with Crippen molar-refractivity contribution in [2.45, 2.75) is 6.42 Å². The highest BCUT2D eigenvalue weighted by molar-refractivity contribution is 6.03. The van der Waals surface area contributed by atoms with Crippen molar-refractivity contribution in [1.82, 2.24) is 0 Å². The van der Waals surface area contributed by atoms with Crippen molar-refractivity contribution in [2.24, 2.45) is 0 Å². The molecule has 0 spiro atoms. The summed E-state index contributed by atoms with van der Waals surface area (Å²) in [6, 6.07) is 4.80. The summed E-state index contributed by atoms with van der Waals surface area (Å²) in [4.78, 5) is 23.9. The van der Waals surface area contributed by atoms with E-state index < -0.39 is 5.97 Å². The Morgan fingerprint density at radius 3 is 2.81 bits per heavy atom. The zero-order valence-electron chi connectivity index (χ0n) is 8.64. The Morgan fingerprint density at radius 2 is 2.19 bits per heavy atom. The number of nitrogens with zero attached hydrogens (tertiary/aromatic N) is 1. The third-order valence-electron chi connectivity index (χ3n) is 2.66. The molecule has 0 unspecified atom stereocenters. The summed E-state index contributed by atoms with van der Waals surface area (Å²) in [5, 5.41) is 8.84. The summed E-state index contributed by atoms with van der Waals surface area (Å²) in [6.07, 6.45) is 1.95. The molecule has 4 nitrogen and oxygen atoms in total.